The molecule has 2 aromatic heterocycles. The van der Waals surface area contributed by atoms with Crippen molar-refractivity contribution in [2.24, 2.45) is 0 Å². The number of amides is 1. The molecule has 5 nitrogen and oxygen atoms in total. The standard InChI is InChI=1S/C15H11Cl2N3O2S2/c1-2-23-9-5-3-4-8(6-9)13(21)18-15-20-19-14(22-15)10-7-11(16)24-12(10)17/h3-7H,2H2,1H3,(H,18,20,21). The van der Waals surface area contributed by atoms with Gasteiger partial charge in [-0.1, -0.05) is 41.3 Å². The molecule has 24 heavy (non-hydrogen) atoms. The summed E-state index contributed by atoms with van der Waals surface area (Å²) in [7, 11) is 0. The summed E-state index contributed by atoms with van der Waals surface area (Å²) >= 11 is 14.8. The Morgan fingerprint density at radius 2 is 2.17 bits per heavy atom. The lowest BCUT2D eigenvalue weighted by Crippen LogP contribution is -2.12. The molecule has 2 heterocycles. The highest BCUT2D eigenvalue weighted by Crippen LogP contribution is 2.37. The highest BCUT2D eigenvalue weighted by atomic mass is 35.5. The minimum absolute atomic E-state index is 0.00179. The first-order chi connectivity index (χ1) is 11.6. The maximum atomic E-state index is 12.3. The molecular formula is C15H11Cl2N3O2S2. The summed E-state index contributed by atoms with van der Waals surface area (Å²) in [6.07, 6.45) is 0. The fraction of sp³-hybridized carbons (Fsp3) is 0.133. The van der Waals surface area contributed by atoms with Crippen LogP contribution in [0.15, 0.2) is 39.6 Å². The number of thiophene rings is 1. The van der Waals surface area contributed by atoms with Gasteiger partial charge in [-0.3, -0.25) is 10.1 Å². The number of aromatic nitrogens is 2. The summed E-state index contributed by atoms with van der Waals surface area (Å²) in [5, 5.41) is 10.3. The normalized spacial score (nSPS) is 10.8. The van der Waals surface area contributed by atoms with Crippen molar-refractivity contribution in [1.29, 1.82) is 0 Å². The summed E-state index contributed by atoms with van der Waals surface area (Å²) in [5.74, 6) is 0.814. The van der Waals surface area contributed by atoms with E-state index < -0.39 is 0 Å². The molecule has 1 aromatic carbocycles. The molecule has 0 aliphatic carbocycles. The van der Waals surface area contributed by atoms with Gasteiger partial charge in [-0.15, -0.1) is 28.2 Å². The zero-order valence-electron chi connectivity index (χ0n) is 12.4. The Labute approximate surface area is 156 Å². The van der Waals surface area contributed by atoms with Gasteiger partial charge in [0.2, 0.25) is 0 Å². The van der Waals surface area contributed by atoms with Gasteiger partial charge < -0.3 is 4.42 Å². The van der Waals surface area contributed by atoms with Crippen LogP contribution in [0.4, 0.5) is 6.01 Å². The number of hydrogen-bond donors (Lipinski definition) is 1. The molecule has 0 atom stereocenters. The van der Waals surface area contributed by atoms with Crippen LogP contribution < -0.4 is 5.32 Å². The molecule has 0 bridgehead atoms. The van der Waals surface area contributed by atoms with E-state index >= 15 is 0 Å². The van der Waals surface area contributed by atoms with Crippen molar-refractivity contribution in [2.45, 2.75) is 11.8 Å². The van der Waals surface area contributed by atoms with E-state index in [0.717, 1.165) is 10.6 Å². The van der Waals surface area contributed by atoms with Gasteiger partial charge in [0.1, 0.15) is 4.34 Å². The molecule has 1 N–H and O–H groups in total. The molecule has 0 saturated heterocycles. The Morgan fingerprint density at radius 1 is 1.33 bits per heavy atom. The second kappa shape index (κ2) is 7.57. The Kier molecular flexibility index (Phi) is 5.45. The molecule has 3 rings (SSSR count). The van der Waals surface area contributed by atoms with Crippen LogP contribution in [0.1, 0.15) is 17.3 Å². The Balaban J connectivity index is 1.76. The molecule has 0 aliphatic heterocycles. The quantitative estimate of drug-likeness (QED) is 0.576. The monoisotopic (exact) mass is 399 g/mol. The average Bonchev–Trinajstić information content (AvgIpc) is 3.14. The lowest BCUT2D eigenvalue weighted by atomic mass is 10.2. The van der Waals surface area contributed by atoms with Crippen LogP contribution in [0.5, 0.6) is 0 Å². The van der Waals surface area contributed by atoms with Crippen LogP contribution in [0.2, 0.25) is 8.67 Å². The van der Waals surface area contributed by atoms with E-state index in [2.05, 4.69) is 22.4 Å². The highest BCUT2D eigenvalue weighted by Gasteiger charge is 2.17. The molecule has 3 aromatic rings. The molecule has 0 aliphatic rings. The van der Waals surface area contributed by atoms with Gasteiger partial charge in [0.05, 0.1) is 9.90 Å². The lowest BCUT2D eigenvalue weighted by molar-refractivity contribution is 0.102. The fourth-order valence-corrected chi connectivity index (χ4v) is 4.10. The van der Waals surface area contributed by atoms with Gasteiger partial charge in [-0.05, 0) is 30.0 Å². The van der Waals surface area contributed by atoms with Gasteiger partial charge in [0, 0.05) is 10.5 Å². The molecule has 0 spiro atoms. The largest absolute Gasteiger partial charge is 0.403 e. The lowest BCUT2D eigenvalue weighted by Gasteiger charge is -2.03. The number of thioether (sulfide) groups is 1. The van der Waals surface area contributed by atoms with Crippen LogP contribution in [-0.2, 0) is 0 Å². The predicted octanol–water partition coefficient (Wildman–Crippen LogP) is 5.47. The summed E-state index contributed by atoms with van der Waals surface area (Å²) in [6, 6.07) is 8.97. The molecular weight excluding hydrogens is 389 g/mol. The fourth-order valence-electron chi connectivity index (χ4n) is 1.93. The summed E-state index contributed by atoms with van der Waals surface area (Å²) in [6.45, 7) is 2.05. The topological polar surface area (TPSA) is 68.0 Å². The molecule has 124 valence electrons. The summed E-state index contributed by atoms with van der Waals surface area (Å²) < 4.78 is 6.41. The third kappa shape index (κ3) is 3.92. The number of carbonyl (C=O) groups excluding carboxylic acids is 1. The van der Waals surface area contributed by atoms with Crippen LogP contribution in [-0.4, -0.2) is 21.9 Å². The molecule has 1 amide bonds. The number of halogens is 2. The van der Waals surface area contributed by atoms with Gasteiger partial charge in [-0.2, -0.15) is 0 Å². The van der Waals surface area contributed by atoms with E-state index in [4.69, 9.17) is 27.6 Å². The second-order valence-electron chi connectivity index (χ2n) is 4.57. The van der Waals surface area contributed by atoms with Crippen molar-refractivity contribution in [2.75, 3.05) is 11.1 Å². The van der Waals surface area contributed by atoms with Crippen molar-refractivity contribution in [3.05, 3.63) is 44.6 Å². The Morgan fingerprint density at radius 3 is 2.88 bits per heavy atom. The average molecular weight is 400 g/mol. The van der Waals surface area contributed by atoms with Crippen molar-refractivity contribution in [1.82, 2.24) is 10.2 Å². The third-order valence-electron chi connectivity index (χ3n) is 2.94. The van der Waals surface area contributed by atoms with E-state index in [0.29, 0.717) is 19.8 Å². The molecule has 0 fully saturated rings. The van der Waals surface area contributed by atoms with E-state index in [1.165, 1.54) is 11.3 Å². The smallest absolute Gasteiger partial charge is 0.322 e. The number of rotatable bonds is 5. The van der Waals surface area contributed by atoms with Gasteiger partial charge in [-0.25, -0.2) is 0 Å². The van der Waals surface area contributed by atoms with E-state index in [9.17, 15) is 4.79 Å². The number of nitrogens with one attached hydrogen (secondary N) is 1. The van der Waals surface area contributed by atoms with E-state index in [1.54, 1.807) is 23.9 Å². The third-order valence-corrected chi connectivity index (χ3v) is 5.30. The minimum Gasteiger partial charge on any atom is -0.403 e. The van der Waals surface area contributed by atoms with Gasteiger partial charge in [0.25, 0.3) is 11.8 Å². The highest BCUT2D eigenvalue weighted by molar-refractivity contribution is 7.99. The van der Waals surface area contributed by atoms with E-state index in [1.807, 2.05) is 18.2 Å². The first-order valence-electron chi connectivity index (χ1n) is 6.89. The van der Waals surface area contributed by atoms with Gasteiger partial charge >= 0.3 is 6.01 Å². The maximum absolute atomic E-state index is 12.3. The predicted molar refractivity (Wildman–Crippen MR) is 98.4 cm³/mol. The number of nitrogens with zero attached hydrogens (tertiary/aromatic N) is 2. The Hall–Kier alpha value is -1.54. The van der Waals surface area contributed by atoms with Crippen LogP contribution in [0.25, 0.3) is 11.5 Å². The van der Waals surface area contributed by atoms with Crippen LogP contribution in [0, 0.1) is 0 Å². The Bertz CT molecular complexity index is 879. The van der Waals surface area contributed by atoms with Crippen LogP contribution in [0.3, 0.4) is 0 Å². The summed E-state index contributed by atoms with van der Waals surface area (Å²) in [5.41, 5.74) is 1.06. The first-order valence-corrected chi connectivity index (χ1v) is 9.45. The van der Waals surface area contributed by atoms with Gasteiger partial charge in [0.15, 0.2) is 0 Å². The number of anilines is 1. The van der Waals surface area contributed by atoms with Crippen LogP contribution >= 0.6 is 46.3 Å². The van der Waals surface area contributed by atoms with Crippen molar-refractivity contribution in [3.8, 4) is 11.5 Å². The molecule has 0 unspecified atom stereocenters. The zero-order chi connectivity index (χ0) is 17.1. The molecule has 0 saturated carbocycles. The SMILES string of the molecule is CCSc1cccc(C(=O)Nc2nnc(-c3cc(Cl)sc3Cl)o2)c1. The second-order valence-corrected chi connectivity index (χ2v) is 8.19. The first kappa shape index (κ1) is 17.3. The minimum atomic E-state index is -0.321. The zero-order valence-corrected chi connectivity index (χ0v) is 15.5. The summed E-state index contributed by atoms with van der Waals surface area (Å²) in [4.78, 5) is 13.3. The van der Waals surface area contributed by atoms with E-state index in [-0.39, 0.29) is 17.8 Å². The van der Waals surface area contributed by atoms with Crippen molar-refractivity contribution >= 4 is 58.2 Å². The van der Waals surface area contributed by atoms with Crippen molar-refractivity contribution < 1.29 is 9.21 Å². The van der Waals surface area contributed by atoms with Crippen molar-refractivity contribution in [3.63, 3.8) is 0 Å². The molecule has 9 heteroatoms. The maximum Gasteiger partial charge on any atom is 0.322 e. The molecule has 0 radical (unpaired) electrons. The number of benzene rings is 1. The number of hydrogen-bond acceptors (Lipinski definition) is 6. The number of carbonyl (C=O) groups is 1.